The summed E-state index contributed by atoms with van der Waals surface area (Å²) in [5.41, 5.74) is 0.502. The molecule has 0 bridgehead atoms. The number of nitrogens with one attached hydrogen (secondary N) is 2. The highest BCUT2D eigenvalue weighted by Crippen LogP contribution is 2.31. The van der Waals surface area contributed by atoms with Gasteiger partial charge < -0.3 is 15.4 Å². The zero-order valence-electron chi connectivity index (χ0n) is 24.0. The van der Waals surface area contributed by atoms with E-state index in [4.69, 9.17) is 16.3 Å². The van der Waals surface area contributed by atoms with Crippen LogP contribution in [0.5, 0.6) is 0 Å². The van der Waals surface area contributed by atoms with Crippen molar-refractivity contribution in [1.82, 2.24) is 0 Å². The molecule has 0 aromatic heterocycles. The van der Waals surface area contributed by atoms with Gasteiger partial charge in [0.25, 0.3) is 10.8 Å². The first-order chi connectivity index (χ1) is 19.3. The van der Waals surface area contributed by atoms with E-state index < -0.39 is 28.6 Å². The summed E-state index contributed by atoms with van der Waals surface area (Å²) in [6.45, 7) is 6.06. The van der Waals surface area contributed by atoms with E-state index in [1.54, 1.807) is 48.5 Å². The van der Waals surface area contributed by atoms with E-state index in [1.807, 2.05) is 13.8 Å². The van der Waals surface area contributed by atoms with Gasteiger partial charge in [-0.15, -0.1) is 0 Å². The Balaban J connectivity index is 2.41. The van der Waals surface area contributed by atoms with Gasteiger partial charge in [-0.05, 0) is 49.9 Å². The van der Waals surface area contributed by atoms with E-state index in [0.29, 0.717) is 24.9 Å². The molecule has 2 aromatic carbocycles. The molecule has 2 rings (SSSR count). The number of ketones is 1. The number of anilines is 2. The lowest BCUT2D eigenvalue weighted by atomic mass is 9.93. The molecule has 0 fully saturated rings. The van der Waals surface area contributed by atoms with Gasteiger partial charge in [-0.2, -0.15) is 0 Å². The second kappa shape index (κ2) is 17.5. The summed E-state index contributed by atoms with van der Waals surface area (Å²) in [6.07, 6.45) is 8.63. The highest BCUT2D eigenvalue weighted by atomic mass is 35.5. The molecule has 0 heterocycles. The van der Waals surface area contributed by atoms with Crippen LogP contribution in [0.15, 0.2) is 54.6 Å². The maximum atomic E-state index is 14.0. The number of carbonyl (C=O) groups is 4. The van der Waals surface area contributed by atoms with Gasteiger partial charge in [0, 0.05) is 17.7 Å². The minimum atomic E-state index is -2.70. The van der Waals surface area contributed by atoms with Gasteiger partial charge in [-0.1, -0.05) is 101 Å². The zero-order valence-corrected chi connectivity index (χ0v) is 24.7. The van der Waals surface area contributed by atoms with Crippen molar-refractivity contribution < 1.29 is 23.9 Å². The van der Waals surface area contributed by atoms with Gasteiger partial charge in [-0.3, -0.25) is 14.4 Å². The molecule has 0 aliphatic heterocycles. The summed E-state index contributed by atoms with van der Waals surface area (Å²) in [5.74, 6) is -3.38. The predicted octanol–water partition coefficient (Wildman–Crippen LogP) is 7.69. The number of halogens is 1. The van der Waals surface area contributed by atoms with Crippen LogP contribution in [-0.4, -0.2) is 34.5 Å². The van der Waals surface area contributed by atoms with Crippen LogP contribution in [0.3, 0.4) is 0 Å². The Kier molecular flexibility index (Phi) is 14.4. The number of amides is 2. The van der Waals surface area contributed by atoms with Crippen LogP contribution < -0.4 is 10.6 Å². The number of carbonyl (C=O) groups excluding carboxylic acids is 4. The number of benzene rings is 2. The fraction of sp³-hybridized carbons (Fsp3) is 0.500. The number of ether oxygens (including phenoxy) is 1. The Morgan fingerprint density at radius 1 is 0.775 bits per heavy atom. The fourth-order valence-electron chi connectivity index (χ4n) is 4.34. The first-order valence-corrected chi connectivity index (χ1v) is 14.9. The molecule has 2 atom stereocenters. The molecule has 8 heteroatoms. The van der Waals surface area contributed by atoms with Gasteiger partial charge in [-0.25, -0.2) is 4.79 Å². The lowest BCUT2D eigenvalue weighted by Crippen LogP contribution is -2.53. The van der Waals surface area contributed by atoms with Gasteiger partial charge in [0.05, 0.1) is 5.69 Å². The Hall–Kier alpha value is -3.19. The quantitative estimate of drug-likeness (QED) is 0.0629. The van der Waals surface area contributed by atoms with Crippen LogP contribution in [0.25, 0.3) is 0 Å². The molecule has 0 saturated carbocycles. The third kappa shape index (κ3) is 9.77. The number of rotatable bonds is 18. The van der Waals surface area contributed by atoms with Crippen molar-refractivity contribution in [1.29, 1.82) is 0 Å². The second-order valence-electron chi connectivity index (χ2n) is 10.0. The molecule has 40 heavy (non-hydrogen) atoms. The molecule has 2 N–H and O–H groups in total. The largest absolute Gasteiger partial charge is 0.460 e. The van der Waals surface area contributed by atoms with Crippen LogP contribution in [0, 0.1) is 0 Å². The molecule has 0 aliphatic rings. The molecular formula is C32H43ClN2O5. The Morgan fingerprint density at radius 2 is 1.40 bits per heavy atom. The average Bonchev–Trinajstić information content (AvgIpc) is 2.95. The SMILES string of the molecule is CCCCCCCC(CCCC)OC(=O)C(Cl)(C(=O)Nc1ccccc1)C(=O)c1ccccc1NC(=O)CCC. The van der Waals surface area contributed by atoms with Crippen molar-refractivity contribution in [2.45, 2.75) is 102 Å². The minimum Gasteiger partial charge on any atom is -0.460 e. The summed E-state index contributed by atoms with van der Waals surface area (Å²) < 4.78 is 5.85. The maximum absolute atomic E-state index is 14.0. The number of alkyl halides is 1. The van der Waals surface area contributed by atoms with E-state index in [9.17, 15) is 19.2 Å². The Bertz CT molecular complexity index is 1110. The monoisotopic (exact) mass is 570 g/mol. The van der Waals surface area contributed by atoms with E-state index in [-0.39, 0.29) is 23.6 Å². The van der Waals surface area contributed by atoms with Crippen molar-refractivity contribution in [3.05, 3.63) is 60.2 Å². The minimum absolute atomic E-state index is 0.0493. The van der Waals surface area contributed by atoms with Gasteiger partial charge in [0.15, 0.2) is 0 Å². The molecule has 7 nitrogen and oxygen atoms in total. The zero-order chi connectivity index (χ0) is 29.4. The standard InChI is InChI=1S/C32H43ClN2O5/c1-4-7-9-10-14-21-25(20-8-5-2)40-31(39)32(33,30(38)34-24-18-12-11-13-19-24)29(37)26-22-15-16-23-27(26)35-28(36)17-6-3/h11-13,15-16,18-19,22-23,25H,4-10,14,17,20-21H2,1-3H3,(H,34,38)(H,35,36). The first kappa shape index (κ1) is 33.0. The molecular weight excluding hydrogens is 528 g/mol. The number of Topliss-reactive ketones (excluding diaryl/α,β-unsaturated/α-hetero) is 1. The summed E-state index contributed by atoms with van der Waals surface area (Å²) in [5, 5.41) is 5.30. The summed E-state index contributed by atoms with van der Waals surface area (Å²) in [4.78, 5) is 50.9. The number of hydrogen-bond acceptors (Lipinski definition) is 5. The average molecular weight is 571 g/mol. The molecule has 0 radical (unpaired) electrons. The van der Waals surface area contributed by atoms with Gasteiger partial charge in [0.1, 0.15) is 6.10 Å². The number of esters is 1. The van der Waals surface area contributed by atoms with Crippen molar-refractivity contribution in [2.24, 2.45) is 0 Å². The second-order valence-corrected chi connectivity index (χ2v) is 10.6. The summed E-state index contributed by atoms with van der Waals surface area (Å²) in [7, 11) is 0. The van der Waals surface area contributed by atoms with E-state index >= 15 is 0 Å². The van der Waals surface area contributed by atoms with Crippen molar-refractivity contribution in [3.8, 4) is 0 Å². The maximum Gasteiger partial charge on any atom is 0.345 e. The fourth-order valence-corrected chi connectivity index (χ4v) is 4.54. The molecule has 2 unspecified atom stereocenters. The number of unbranched alkanes of at least 4 members (excludes halogenated alkanes) is 5. The molecule has 0 spiro atoms. The summed E-state index contributed by atoms with van der Waals surface area (Å²) in [6, 6.07) is 14.7. The highest BCUT2D eigenvalue weighted by Gasteiger charge is 2.54. The normalized spacial score (nSPS) is 13.1. The van der Waals surface area contributed by atoms with Crippen LogP contribution in [-0.2, 0) is 19.1 Å². The third-order valence-corrected chi connectivity index (χ3v) is 7.14. The van der Waals surface area contributed by atoms with Gasteiger partial charge in [0.2, 0.25) is 11.7 Å². The molecule has 2 amide bonds. The van der Waals surface area contributed by atoms with E-state index in [1.165, 1.54) is 6.07 Å². The Labute approximate surface area is 243 Å². The molecule has 0 saturated heterocycles. The molecule has 218 valence electrons. The van der Waals surface area contributed by atoms with Crippen LogP contribution in [0.2, 0.25) is 0 Å². The van der Waals surface area contributed by atoms with Crippen molar-refractivity contribution in [3.63, 3.8) is 0 Å². The van der Waals surface area contributed by atoms with Crippen LogP contribution in [0.1, 0.15) is 102 Å². The van der Waals surface area contributed by atoms with Crippen LogP contribution in [0.4, 0.5) is 11.4 Å². The lowest BCUT2D eigenvalue weighted by Gasteiger charge is -2.27. The van der Waals surface area contributed by atoms with Crippen LogP contribution >= 0.6 is 11.6 Å². The number of para-hydroxylation sites is 2. The van der Waals surface area contributed by atoms with Crippen molar-refractivity contribution in [2.75, 3.05) is 10.6 Å². The third-order valence-electron chi connectivity index (χ3n) is 6.64. The Morgan fingerprint density at radius 3 is 2.08 bits per heavy atom. The lowest BCUT2D eigenvalue weighted by molar-refractivity contribution is -0.153. The predicted molar refractivity (Wildman–Crippen MR) is 161 cm³/mol. The molecule has 0 aliphatic carbocycles. The first-order valence-electron chi connectivity index (χ1n) is 14.5. The molecule has 2 aromatic rings. The van der Waals surface area contributed by atoms with E-state index in [0.717, 1.165) is 44.9 Å². The number of hydrogen-bond donors (Lipinski definition) is 2. The summed E-state index contributed by atoms with van der Waals surface area (Å²) >= 11 is 6.78. The van der Waals surface area contributed by atoms with Gasteiger partial charge >= 0.3 is 5.97 Å². The smallest absolute Gasteiger partial charge is 0.345 e. The van der Waals surface area contributed by atoms with Crippen molar-refractivity contribution >= 4 is 46.5 Å². The topological polar surface area (TPSA) is 102 Å². The van der Waals surface area contributed by atoms with E-state index in [2.05, 4.69) is 17.6 Å². The highest BCUT2D eigenvalue weighted by molar-refractivity contribution is 6.60.